The molecule has 0 bridgehead atoms. The maximum atomic E-state index is 10.9. The number of ether oxygens (including phenoxy) is 1. The van der Waals surface area contributed by atoms with E-state index in [0.29, 0.717) is 5.56 Å². The van der Waals surface area contributed by atoms with Crippen LogP contribution in [-0.2, 0) is 9.53 Å². The van der Waals surface area contributed by atoms with Crippen molar-refractivity contribution < 1.29 is 9.53 Å². The number of rotatable bonds is 2. The van der Waals surface area contributed by atoms with Gasteiger partial charge in [0.1, 0.15) is 0 Å². The van der Waals surface area contributed by atoms with Crippen LogP contribution in [0, 0.1) is 0 Å². The van der Waals surface area contributed by atoms with Crippen molar-refractivity contribution in [3.63, 3.8) is 0 Å². The lowest BCUT2D eigenvalue weighted by Crippen LogP contribution is -2.10. The molecule has 74 valence electrons. The van der Waals surface area contributed by atoms with Crippen LogP contribution in [-0.4, -0.2) is 18.1 Å². The van der Waals surface area contributed by atoms with Crippen LogP contribution in [0.3, 0.4) is 0 Å². The summed E-state index contributed by atoms with van der Waals surface area (Å²) in [7, 11) is 1.29. The fourth-order valence-corrected chi connectivity index (χ4v) is 0.848. The largest absolute Gasteiger partial charge is 0.466 e. The van der Waals surface area contributed by atoms with E-state index in [1.54, 1.807) is 0 Å². The van der Waals surface area contributed by atoms with E-state index in [-0.39, 0.29) is 11.2 Å². The second-order valence-electron chi connectivity index (χ2n) is 2.57. The van der Waals surface area contributed by atoms with Gasteiger partial charge < -0.3 is 15.5 Å². The third-order valence-corrected chi connectivity index (χ3v) is 1.57. The highest BCUT2D eigenvalue weighted by atomic mass is 16.5. The monoisotopic (exact) mass is 194 g/mol. The maximum absolute atomic E-state index is 10.9. The van der Waals surface area contributed by atoms with Crippen LogP contribution in [0.2, 0.25) is 0 Å². The summed E-state index contributed by atoms with van der Waals surface area (Å²) in [6.07, 6.45) is 4.20. The molecule has 0 saturated heterocycles. The second kappa shape index (κ2) is 4.27. The van der Waals surface area contributed by atoms with Crippen LogP contribution >= 0.6 is 0 Å². The van der Waals surface area contributed by atoms with Crippen molar-refractivity contribution in [2.75, 3.05) is 12.8 Å². The Hall–Kier alpha value is -2.04. The molecule has 0 radical (unpaired) electrons. The minimum atomic E-state index is -0.463. The summed E-state index contributed by atoms with van der Waals surface area (Å²) in [6.45, 7) is 0. The predicted molar refractivity (Wildman–Crippen MR) is 52.5 cm³/mol. The highest BCUT2D eigenvalue weighted by Gasteiger charge is 1.95. The Bertz CT molecular complexity index is 420. The lowest BCUT2D eigenvalue weighted by molar-refractivity contribution is -0.134. The summed E-state index contributed by atoms with van der Waals surface area (Å²) in [6, 6.07) is 1.47. The highest BCUT2D eigenvalue weighted by Crippen LogP contribution is 2.01. The third kappa shape index (κ3) is 2.48. The molecule has 0 saturated carbocycles. The van der Waals surface area contributed by atoms with Gasteiger partial charge >= 0.3 is 5.97 Å². The number of anilines is 1. The number of esters is 1. The summed E-state index contributed by atoms with van der Waals surface area (Å²) in [5.74, 6) is -0.463. The van der Waals surface area contributed by atoms with E-state index in [1.807, 2.05) is 0 Å². The van der Waals surface area contributed by atoms with Crippen LogP contribution in [0.4, 0.5) is 5.69 Å². The number of nitrogen functional groups attached to an aromatic ring is 1. The van der Waals surface area contributed by atoms with E-state index in [1.165, 1.54) is 31.5 Å². The Kier molecular flexibility index (Phi) is 3.06. The van der Waals surface area contributed by atoms with Gasteiger partial charge in [-0.3, -0.25) is 4.79 Å². The van der Waals surface area contributed by atoms with Crippen LogP contribution in [0.1, 0.15) is 5.56 Å². The zero-order valence-electron chi connectivity index (χ0n) is 7.61. The molecule has 0 aliphatic heterocycles. The number of aromatic nitrogens is 1. The smallest absolute Gasteiger partial charge is 0.330 e. The Morgan fingerprint density at radius 1 is 1.64 bits per heavy atom. The molecule has 0 aliphatic carbocycles. The first-order chi connectivity index (χ1) is 6.63. The Morgan fingerprint density at radius 3 is 2.93 bits per heavy atom. The SMILES string of the molecule is COC(=O)C=Cc1c[nH]c(=O)c(N)c1. The summed E-state index contributed by atoms with van der Waals surface area (Å²) in [5.41, 5.74) is 5.76. The van der Waals surface area contributed by atoms with E-state index in [0.717, 1.165) is 0 Å². The van der Waals surface area contributed by atoms with Gasteiger partial charge in [-0.2, -0.15) is 0 Å². The standard InChI is InChI=1S/C9H10N2O3/c1-14-8(12)3-2-6-4-7(10)9(13)11-5-6/h2-5H,10H2,1H3,(H,11,13). The number of H-pyrrole nitrogens is 1. The van der Waals surface area contributed by atoms with Crippen molar-refractivity contribution in [1.29, 1.82) is 0 Å². The topological polar surface area (TPSA) is 85.2 Å². The van der Waals surface area contributed by atoms with Crippen molar-refractivity contribution >= 4 is 17.7 Å². The average Bonchev–Trinajstić information content (AvgIpc) is 2.19. The molecule has 3 N–H and O–H groups in total. The minimum Gasteiger partial charge on any atom is -0.466 e. The number of hydrogen-bond donors (Lipinski definition) is 2. The molecule has 0 fully saturated rings. The van der Waals surface area contributed by atoms with Gasteiger partial charge in [0.2, 0.25) is 0 Å². The van der Waals surface area contributed by atoms with E-state index in [4.69, 9.17) is 5.73 Å². The molecule has 14 heavy (non-hydrogen) atoms. The fraction of sp³-hybridized carbons (Fsp3) is 0.111. The molecule has 0 aliphatic rings. The van der Waals surface area contributed by atoms with Crippen LogP contribution in [0.25, 0.3) is 6.08 Å². The molecule has 5 heteroatoms. The summed E-state index contributed by atoms with van der Waals surface area (Å²) in [5, 5.41) is 0. The number of aromatic amines is 1. The van der Waals surface area contributed by atoms with Crippen molar-refractivity contribution in [3.8, 4) is 0 Å². The van der Waals surface area contributed by atoms with Crippen molar-refractivity contribution in [3.05, 3.63) is 34.3 Å². The Balaban J connectivity index is 2.88. The molecular weight excluding hydrogens is 184 g/mol. The summed E-state index contributed by atoms with van der Waals surface area (Å²) >= 11 is 0. The Morgan fingerprint density at radius 2 is 2.36 bits per heavy atom. The number of nitrogens with one attached hydrogen (secondary N) is 1. The molecule has 1 rings (SSSR count). The molecule has 0 spiro atoms. The zero-order chi connectivity index (χ0) is 10.6. The number of carbonyl (C=O) groups is 1. The fourth-order valence-electron chi connectivity index (χ4n) is 0.848. The first-order valence-electron chi connectivity index (χ1n) is 3.87. The molecule has 0 amide bonds. The molecule has 1 heterocycles. The third-order valence-electron chi connectivity index (χ3n) is 1.57. The normalized spacial score (nSPS) is 10.4. The van der Waals surface area contributed by atoms with Crippen molar-refractivity contribution in [2.24, 2.45) is 0 Å². The quantitative estimate of drug-likeness (QED) is 0.518. The summed E-state index contributed by atoms with van der Waals surface area (Å²) in [4.78, 5) is 24.0. The van der Waals surface area contributed by atoms with E-state index in [9.17, 15) is 9.59 Å². The molecule has 1 aromatic rings. The lowest BCUT2D eigenvalue weighted by Gasteiger charge is -1.94. The predicted octanol–water partition coefficient (Wildman–Crippen LogP) is 0.143. The number of nitrogens with two attached hydrogens (primary N) is 1. The van der Waals surface area contributed by atoms with Gasteiger partial charge in [0.05, 0.1) is 12.8 Å². The first-order valence-corrected chi connectivity index (χ1v) is 3.87. The molecule has 0 unspecified atom stereocenters. The molecule has 5 nitrogen and oxygen atoms in total. The van der Waals surface area contributed by atoms with Crippen molar-refractivity contribution in [2.45, 2.75) is 0 Å². The van der Waals surface area contributed by atoms with E-state index >= 15 is 0 Å². The van der Waals surface area contributed by atoms with Crippen LogP contribution < -0.4 is 11.3 Å². The lowest BCUT2D eigenvalue weighted by atomic mass is 10.2. The number of methoxy groups -OCH3 is 1. The minimum absolute atomic E-state index is 0.108. The number of hydrogen-bond acceptors (Lipinski definition) is 4. The highest BCUT2D eigenvalue weighted by molar-refractivity contribution is 5.86. The van der Waals surface area contributed by atoms with Gasteiger partial charge in [-0.25, -0.2) is 4.79 Å². The molecule has 1 aromatic heterocycles. The maximum Gasteiger partial charge on any atom is 0.330 e. The number of pyridine rings is 1. The van der Waals surface area contributed by atoms with E-state index < -0.39 is 5.97 Å². The van der Waals surface area contributed by atoms with Gasteiger partial charge in [0.15, 0.2) is 0 Å². The first kappa shape index (κ1) is 10.0. The Labute approximate surface area is 80.2 Å². The van der Waals surface area contributed by atoms with Crippen molar-refractivity contribution in [1.82, 2.24) is 4.98 Å². The van der Waals surface area contributed by atoms with Gasteiger partial charge in [-0.05, 0) is 17.7 Å². The average molecular weight is 194 g/mol. The molecular formula is C9H10N2O3. The molecule has 0 atom stereocenters. The zero-order valence-corrected chi connectivity index (χ0v) is 7.61. The second-order valence-corrected chi connectivity index (χ2v) is 2.57. The van der Waals surface area contributed by atoms with Gasteiger partial charge in [-0.15, -0.1) is 0 Å². The van der Waals surface area contributed by atoms with Gasteiger partial charge in [0.25, 0.3) is 5.56 Å². The molecule has 0 aromatic carbocycles. The van der Waals surface area contributed by atoms with Gasteiger partial charge in [-0.1, -0.05) is 0 Å². The van der Waals surface area contributed by atoms with Crippen LogP contribution in [0.5, 0.6) is 0 Å². The van der Waals surface area contributed by atoms with Gasteiger partial charge in [0, 0.05) is 12.3 Å². The summed E-state index contributed by atoms with van der Waals surface area (Å²) < 4.78 is 4.40. The van der Waals surface area contributed by atoms with Crippen LogP contribution in [0.15, 0.2) is 23.1 Å². The number of carbonyl (C=O) groups excluding carboxylic acids is 1. The van der Waals surface area contributed by atoms with E-state index in [2.05, 4.69) is 9.72 Å².